The second-order valence-corrected chi connectivity index (χ2v) is 10.00. The molecule has 0 atom stereocenters. The lowest BCUT2D eigenvalue weighted by Gasteiger charge is -2.07. The quantitative estimate of drug-likeness (QED) is 0.189. The predicted molar refractivity (Wildman–Crippen MR) is 126 cm³/mol. The molecule has 9 nitrogen and oxygen atoms in total. The molecule has 0 aliphatic carbocycles. The van der Waals surface area contributed by atoms with Crippen molar-refractivity contribution in [2.24, 2.45) is 12.0 Å². The second-order valence-electron chi connectivity index (χ2n) is 6.60. The minimum absolute atomic E-state index is 0.0860. The van der Waals surface area contributed by atoms with Gasteiger partial charge in [-0.1, -0.05) is 36.0 Å². The number of hydrogen-bond donors (Lipinski definition) is 1. The fourth-order valence-electron chi connectivity index (χ4n) is 3.01. The van der Waals surface area contributed by atoms with Gasteiger partial charge in [0.05, 0.1) is 21.2 Å². The third-order valence-corrected chi connectivity index (χ3v) is 8.04. The zero-order chi connectivity index (χ0) is 22.8. The highest BCUT2D eigenvalue weighted by atomic mass is 32.9. The summed E-state index contributed by atoms with van der Waals surface area (Å²) in [5.41, 5.74) is 1.80. The van der Waals surface area contributed by atoms with Crippen LogP contribution in [0.5, 0.6) is 0 Å². The van der Waals surface area contributed by atoms with E-state index < -0.39 is 4.92 Å². The van der Waals surface area contributed by atoms with Crippen LogP contribution in [0.3, 0.4) is 0 Å². The summed E-state index contributed by atoms with van der Waals surface area (Å²) < 4.78 is 3.83. The molecule has 0 fully saturated rings. The van der Waals surface area contributed by atoms with Crippen LogP contribution in [0.4, 0.5) is 11.4 Å². The van der Waals surface area contributed by atoms with Gasteiger partial charge in [-0.15, -0.1) is 0 Å². The zero-order valence-corrected chi connectivity index (χ0v) is 19.3. The van der Waals surface area contributed by atoms with Gasteiger partial charge in [-0.2, -0.15) is 0 Å². The highest BCUT2D eigenvalue weighted by molar-refractivity contribution is 8.02. The van der Waals surface area contributed by atoms with Gasteiger partial charge in [0.1, 0.15) is 0 Å². The van der Waals surface area contributed by atoms with Crippen molar-refractivity contribution in [2.45, 2.75) is 16.2 Å². The molecular formula is C20H16N6O3S3. The van der Waals surface area contributed by atoms with E-state index in [0.29, 0.717) is 20.5 Å². The van der Waals surface area contributed by atoms with E-state index in [0.717, 1.165) is 17.4 Å². The van der Waals surface area contributed by atoms with Crippen molar-refractivity contribution < 1.29 is 4.92 Å². The van der Waals surface area contributed by atoms with Crippen LogP contribution in [0, 0.1) is 22.4 Å². The minimum Gasteiger partial charge on any atom is -0.283 e. The average molecular weight is 485 g/mol. The number of rotatable bonds is 6. The maximum Gasteiger partial charge on any atom is 0.297 e. The van der Waals surface area contributed by atoms with Crippen LogP contribution in [0.1, 0.15) is 11.3 Å². The number of benzene rings is 2. The molecule has 2 aromatic carbocycles. The molecule has 0 aliphatic heterocycles. The molecule has 4 aromatic rings. The van der Waals surface area contributed by atoms with Gasteiger partial charge in [0.25, 0.3) is 11.2 Å². The number of nitro benzene ring substituents is 1. The third-order valence-electron chi connectivity index (χ3n) is 4.63. The van der Waals surface area contributed by atoms with Gasteiger partial charge in [0.2, 0.25) is 4.80 Å². The molecule has 2 aromatic heterocycles. The predicted octanol–water partition coefficient (Wildman–Crippen LogP) is 4.29. The number of nitro groups is 1. The summed E-state index contributed by atoms with van der Waals surface area (Å²) in [4.78, 5) is 33.1. The number of aliphatic imine (C=N–C) groups is 1. The number of nitrogens with zero attached hydrogens (tertiary/aromatic N) is 5. The molecule has 0 radical (unpaired) electrons. The largest absolute Gasteiger partial charge is 0.297 e. The Hall–Kier alpha value is -3.35. The first kappa shape index (κ1) is 21.9. The maximum absolute atomic E-state index is 13.0. The first-order chi connectivity index (χ1) is 15.3. The number of nitrogens with one attached hydrogen (secondary N) is 1. The van der Waals surface area contributed by atoms with Crippen molar-refractivity contribution in [2.75, 3.05) is 0 Å². The monoisotopic (exact) mass is 484 g/mol. The van der Waals surface area contributed by atoms with Crippen LogP contribution in [0.15, 0.2) is 67.6 Å². The minimum atomic E-state index is -0.464. The van der Waals surface area contributed by atoms with E-state index in [1.54, 1.807) is 30.8 Å². The average Bonchev–Trinajstić information content (AvgIpc) is 3.28. The van der Waals surface area contributed by atoms with Crippen LogP contribution in [-0.4, -0.2) is 25.5 Å². The molecule has 0 aliphatic rings. The zero-order valence-electron chi connectivity index (χ0n) is 16.9. The Morgan fingerprint density at radius 1 is 1.22 bits per heavy atom. The lowest BCUT2D eigenvalue weighted by molar-refractivity contribution is -0.387. The summed E-state index contributed by atoms with van der Waals surface area (Å²) in [7, 11) is 4.28. The molecule has 12 heteroatoms. The van der Waals surface area contributed by atoms with Crippen molar-refractivity contribution >= 4 is 50.0 Å². The number of hydrogen-bond acceptors (Lipinski definition) is 9. The van der Waals surface area contributed by atoms with E-state index in [9.17, 15) is 14.9 Å². The summed E-state index contributed by atoms with van der Waals surface area (Å²) in [6.07, 6.45) is 1.45. The lowest BCUT2D eigenvalue weighted by Crippen LogP contribution is -2.19. The van der Waals surface area contributed by atoms with E-state index in [-0.39, 0.29) is 21.7 Å². The first-order valence-corrected chi connectivity index (χ1v) is 12.2. The van der Waals surface area contributed by atoms with E-state index in [1.807, 2.05) is 30.3 Å². The fourth-order valence-corrected chi connectivity index (χ4v) is 5.93. The first-order valence-electron chi connectivity index (χ1n) is 9.21. The molecular weight excluding hydrogens is 468 g/mol. The molecule has 0 saturated carbocycles. The van der Waals surface area contributed by atoms with Gasteiger partial charge in [0, 0.05) is 19.3 Å². The highest BCUT2D eigenvalue weighted by Crippen LogP contribution is 2.36. The Kier molecular flexibility index (Phi) is 6.17. The van der Waals surface area contributed by atoms with Gasteiger partial charge in [0.15, 0.2) is 10.0 Å². The topological polar surface area (TPSA) is 119 Å². The SMILES string of the molecule is Cc1c(N=Cc2ccc(Sc3nc(=N)ss3)c([N+](=O)[O-])c2)c(=O)n(-c2ccccc2)n1C. The highest BCUT2D eigenvalue weighted by Gasteiger charge is 2.18. The van der Waals surface area contributed by atoms with E-state index in [2.05, 4.69) is 9.98 Å². The number of aromatic nitrogens is 3. The normalized spacial score (nSPS) is 11.3. The summed E-state index contributed by atoms with van der Waals surface area (Å²) in [5, 5.41) is 19.1. The van der Waals surface area contributed by atoms with Gasteiger partial charge in [-0.05, 0) is 51.4 Å². The third kappa shape index (κ3) is 4.33. The Morgan fingerprint density at radius 3 is 2.62 bits per heavy atom. The molecule has 0 unspecified atom stereocenters. The fraction of sp³-hybridized carbons (Fsp3) is 0.100. The van der Waals surface area contributed by atoms with Crippen LogP contribution in [0.25, 0.3) is 5.69 Å². The molecule has 4 rings (SSSR count). The molecule has 0 saturated heterocycles. The molecule has 2 heterocycles. The van der Waals surface area contributed by atoms with Gasteiger partial charge < -0.3 is 0 Å². The van der Waals surface area contributed by atoms with Crippen molar-refractivity contribution in [3.63, 3.8) is 0 Å². The smallest absolute Gasteiger partial charge is 0.283 e. The summed E-state index contributed by atoms with van der Waals surface area (Å²) in [6.45, 7) is 1.80. The molecule has 1 N–H and O–H groups in total. The van der Waals surface area contributed by atoms with Gasteiger partial charge in [-0.3, -0.25) is 25.0 Å². The van der Waals surface area contributed by atoms with E-state index in [4.69, 9.17) is 5.41 Å². The van der Waals surface area contributed by atoms with Crippen LogP contribution in [0.2, 0.25) is 0 Å². The van der Waals surface area contributed by atoms with Crippen LogP contribution >= 0.6 is 32.4 Å². The van der Waals surface area contributed by atoms with Crippen molar-refractivity contribution in [1.82, 2.24) is 14.3 Å². The van der Waals surface area contributed by atoms with Gasteiger partial charge in [-0.25, -0.2) is 14.7 Å². The number of para-hydroxylation sites is 1. The Morgan fingerprint density at radius 2 is 1.97 bits per heavy atom. The second kappa shape index (κ2) is 9.02. The van der Waals surface area contributed by atoms with Crippen LogP contribution in [-0.2, 0) is 7.05 Å². The molecule has 0 spiro atoms. The van der Waals surface area contributed by atoms with Crippen molar-refractivity contribution in [1.29, 1.82) is 5.41 Å². The Balaban J connectivity index is 1.68. The molecule has 32 heavy (non-hydrogen) atoms. The maximum atomic E-state index is 13.0. The van der Waals surface area contributed by atoms with Crippen LogP contribution < -0.4 is 10.4 Å². The van der Waals surface area contributed by atoms with E-state index >= 15 is 0 Å². The van der Waals surface area contributed by atoms with E-state index in [1.165, 1.54) is 37.6 Å². The lowest BCUT2D eigenvalue weighted by atomic mass is 10.2. The Labute approximate surface area is 193 Å². The molecule has 0 amide bonds. The molecule has 0 bridgehead atoms. The summed E-state index contributed by atoms with van der Waals surface area (Å²) in [6, 6.07) is 14.0. The van der Waals surface area contributed by atoms with Gasteiger partial charge >= 0.3 is 0 Å². The standard InChI is InChI=1S/C20H16N6O3S3/c1-12-17(18(27)25(24(12)2)14-6-4-3-5-7-14)22-11-13-8-9-16(15(10-13)26(28)29)30-20-23-19(21)31-32-20/h3-11,21H,1-2H3. The van der Waals surface area contributed by atoms with Crippen molar-refractivity contribution in [3.8, 4) is 5.69 Å². The summed E-state index contributed by atoms with van der Waals surface area (Å²) >= 11 is 1.15. The van der Waals surface area contributed by atoms with Crippen molar-refractivity contribution in [3.05, 3.63) is 85.1 Å². The Bertz CT molecular complexity index is 1450. The molecule has 162 valence electrons. The summed E-state index contributed by atoms with van der Waals surface area (Å²) in [5.74, 6) is 0.